The number of aromatic nitrogens is 3. The van der Waals surface area contributed by atoms with Gasteiger partial charge in [0.1, 0.15) is 0 Å². The zero-order valence-corrected chi connectivity index (χ0v) is 19.0. The van der Waals surface area contributed by atoms with E-state index in [2.05, 4.69) is 42.0 Å². The van der Waals surface area contributed by atoms with Crippen LogP contribution in [0, 0.1) is 13.8 Å². The standard InChI is InChI=1S/C23H24ClN5O3/c1-15-4-9-19(16(2)14-15)27-10-12-28(13-11-27)22(31)20-21(30)26(3)23(32)29(25-20)18-7-5-17(24)6-8-18/h4-9,14H,10-13H2,1-3H3. The molecule has 8 nitrogen and oxygen atoms in total. The van der Waals surface area contributed by atoms with E-state index in [9.17, 15) is 14.4 Å². The number of benzene rings is 2. The minimum atomic E-state index is -0.706. The van der Waals surface area contributed by atoms with Gasteiger partial charge in [0.05, 0.1) is 5.69 Å². The van der Waals surface area contributed by atoms with E-state index in [4.69, 9.17) is 11.6 Å². The Hall–Kier alpha value is -3.39. The Kier molecular flexibility index (Phi) is 5.88. The number of halogens is 1. The van der Waals surface area contributed by atoms with Crippen molar-refractivity contribution in [1.82, 2.24) is 19.2 Å². The second-order valence-electron chi connectivity index (χ2n) is 7.95. The van der Waals surface area contributed by atoms with E-state index in [1.54, 1.807) is 29.2 Å². The molecule has 1 saturated heterocycles. The van der Waals surface area contributed by atoms with Crippen molar-refractivity contribution in [1.29, 1.82) is 0 Å². The molecule has 2 heterocycles. The van der Waals surface area contributed by atoms with Crippen LogP contribution in [0.25, 0.3) is 5.69 Å². The van der Waals surface area contributed by atoms with Gasteiger partial charge in [-0.3, -0.25) is 14.2 Å². The highest BCUT2D eigenvalue weighted by Gasteiger charge is 2.27. The summed E-state index contributed by atoms with van der Waals surface area (Å²) in [5.74, 6) is -0.478. The first-order chi connectivity index (χ1) is 15.3. The highest BCUT2D eigenvalue weighted by Crippen LogP contribution is 2.22. The van der Waals surface area contributed by atoms with Gasteiger partial charge in [-0.25, -0.2) is 4.79 Å². The Morgan fingerprint density at radius 3 is 2.25 bits per heavy atom. The number of piperazine rings is 1. The normalized spacial score (nSPS) is 14.0. The first kappa shape index (κ1) is 21.8. The molecule has 3 aromatic rings. The number of hydrogen-bond donors (Lipinski definition) is 0. The third-order valence-corrected chi connectivity index (χ3v) is 5.96. The zero-order chi connectivity index (χ0) is 23.0. The number of amides is 1. The Morgan fingerprint density at radius 1 is 0.969 bits per heavy atom. The number of nitrogens with zero attached hydrogens (tertiary/aromatic N) is 5. The van der Waals surface area contributed by atoms with Crippen molar-refractivity contribution in [3.05, 3.63) is 85.1 Å². The maximum absolute atomic E-state index is 13.2. The monoisotopic (exact) mass is 453 g/mol. The summed E-state index contributed by atoms with van der Waals surface area (Å²) in [4.78, 5) is 42.3. The molecule has 166 valence electrons. The minimum absolute atomic E-state index is 0.276. The summed E-state index contributed by atoms with van der Waals surface area (Å²) < 4.78 is 1.96. The fraction of sp³-hybridized carbons (Fsp3) is 0.304. The number of anilines is 1. The molecule has 1 aromatic heterocycles. The largest absolute Gasteiger partial charge is 0.368 e. The predicted octanol–water partition coefficient (Wildman–Crippen LogP) is 2.16. The van der Waals surface area contributed by atoms with Crippen molar-refractivity contribution in [3.63, 3.8) is 0 Å². The second kappa shape index (κ2) is 8.63. The number of carbonyl (C=O) groups is 1. The third-order valence-electron chi connectivity index (χ3n) is 5.71. The molecule has 0 atom stereocenters. The summed E-state index contributed by atoms with van der Waals surface area (Å²) >= 11 is 5.92. The van der Waals surface area contributed by atoms with E-state index >= 15 is 0 Å². The Morgan fingerprint density at radius 2 is 1.62 bits per heavy atom. The average Bonchev–Trinajstić information content (AvgIpc) is 2.78. The molecule has 0 aliphatic carbocycles. The van der Waals surface area contributed by atoms with Gasteiger partial charge in [-0.15, -0.1) is 0 Å². The third kappa shape index (κ3) is 4.05. The number of rotatable bonds is 3. The van der Waals surface area contributed by atoms with Crippen molar-refractivity contribution in [3.8, 4) is 5.69 Å². The summed E-state index contributed by atoms with van der Waals surface area (Å²) in [7, 11) is 1.34. The van der Waals surface area contributed by atoms with Crippen LogP contribution < -0.4 is 16.1 Å². The van der Waals surface area contributed by atoms with Gasteiger partial charge < -0.3 is 9.80 Å². The first-order valence-corrected chi connectivity index (χ1v) is 10.7. The summed E-state index contributed by atoms with van der Waals surface area (Å²) in [6, 6.07) is 12.8. The van der Waals surface area contributed by atoms with Crippen molar-refractivity contribution >= 4 is 23.2 Å². The average molecular weight is 454 g/mol. The Balaban J connectivity index is 1.59. The van der Waals surface area contributed by atoms with Crippen LogP contribution in [0.3, 0.4) is 0 Å². The van der Waals surface area contributed by atoms with E-state index < -0.39 is 17.2 Å². The van der Waals surface area contributed by atoms with E-state index in [1.165, 1.54) is 18.2 Å². The van der Waals surface area contributed by atoms with Crippen LogP contribution in [0.15, 0.2) is 52.1 Å². The van der Waals surface area contributed by atoms with Crippen molar-refractivity contribution in [2.24, 2.45) is 7.05 Å². The molecule has 32 heavy (non-hydrogen) atoms. The molecular formula is C23H24ClN5O3. The molecule has 0 unspecified atom stereocenters. The summed E-state index contributed by atoms with van der Waals surface area (Å²) in [5.41, 5.74) is 2.35. The number of aryl methyl sites for hydroxylation is 2. The van der Waals surface area contributed by atoms with Crippen LogP contribution in [-0.2, 0) is 7.05 Å². The highest BCUT2D eigenvalue weighted by molar-refractivity contribution is 6.30. The number of hydrogen-bond acceptors (Lipinski definition) is 5. The fourth-order valence-electron chi connectivity index (χ4n) is 3.92. The lowest BCUT2D eigenvalue weighted by atomic mass is 10.1. The van der Waals surface area contributed by atoms with Gasteiger partial charge in [-0.1, -0.05) is 29.3 Å². The molecule has 4 rings (SSSR count). The minimum Gasteiger partial charge on any atom is -0.368 e. The molecule has 0 radical (unpaired) electrons. The molecule has 1 aliphatic rings. The molecule has 0 saturated carbocycles. The Labute approximate surface area is 190 Å². The quantitative estimate of drug-likeness (QED) is 0.607. The van der Waals surface area contributed by atoms with Gasteiger partial charge in [-0.2, -0.15) is 9.78 Å². The number of carbonyl (C=O) groups excluding carboxylic acids is 1. The van der Waals surface area contributed by atoms with E-state index in [0.29, 0.717) is 36.9 Å². The molecule has 1 fully saturated rings. The lowest BCUT2D eigenvalue weighted by molar-refractivity contribution is 0.0735. The lowest BCUT2D eigenvalue weighted by Gasteiger charge is -2.36. The fourth-order valence-corrected chi connectivity index (χ4v) is 4.04. The molecule has 0 spiro atoms. The van der Waals surface area contributed by atoms with Crippen molar-refractivity contribution in [2.75, 3.05) is 31.1 Å². The van der Waals surface area contributed by atoms with Crippen LogP contribution in [0.2, 0.25) is 5.02 Å². The van der Waals surface area contributed by atoms with Gasteiger partial charge in [-0.05, 0) is 49.7 Å². The molecule has 2 aromatic carbocycles. The topological polar surface area (TPSA) is 80.4 Å². The van der Waals surface area contributed by atoms with Gasteiger partial charge >= 0.3 is 5.69 Å². The SMILES string of the molecule is Cc1ccc(N2CCN(C(=O)c3nn(-c4ccc(Cl)cc4)c(=O)n(C)c3=O)CC2)c(C)c1. The van der Waals surface area contributed by atoms with E-state index in [-0.39, 0.29) is 5.69 Å². The maximum Gasteiger partial charge on any atom is 0.351 e. The van der Waals surface area contributed by atoms with Crippen LogP contribution in [0.4, 0.5) is 5.69 Å². The van der Waals surface area contributed by atoms with Crippen LogP contribution in [0.5, 0.6) is 0 Å². The lowest BCUT2D eigenvalue weighted by Crippen LogP contribution is -2.51. The molecule has 0 N–H and O–H groups in total. The van der Waals surface area contributed by atoms with Crippen LogP contribution in [-0.4, -0.2) is 51.3 Å². The first-order valence-electron chi connectivity index (χ1n) is 10.3. The van der Waals surface area contributed by atoms with Gasteiger partial charge in [0.15, 0.2) is 0 Å². The second-order valence-corrected chi connectivity index (χ2v) is 8.39. The molecule has 1 aliphatic heterocycles. The van der Waals surface area contributed by atoms with Gasteiger partial charge in [0, 0.05) is 43.9 Å². The van der Waals surface area contributed by atoms with Crippen LogP contribution in [0.1, 0.15) is 21.6 Å². The van der Waals surface area contributed by atoms with E-state index in [0.717, 1.165) is 14.9 Å². The molecule has 9 heteroatoms. The zero-order valence-electron chi connectivity index (χ0n) is 18.2. The van der Waals surface area contributed by atoms with Crippen molar-refractivity contribution in [2.45, 2.75) is 13.8 Å². The summed E-state index contributed by atoms with van der Waals surface area (Å²) in [6.07, 6.45) is 0. The van der Waals surface area contributed by atoms with Crippen molar-refractivity contribution < 1.29 is 4.79 Å². The molecule has 1 amide bonds. The van der Waals surface area contributed by atoms with E-state index in [1.807, 2.05) is 0 Å². The molecule has 0 bridgehead atoms. The van der Waals surface area contributed by atoms with Gasteiger partial charge in [0.2, 0.25) is 5.69 Å². The molecular weight excluding hydrogens is 430 g/mol. The predicted molar refractivity (Wildman–Crippen MR) is 124 cm³/mol. The van der Waals surface area contributed by atoms with Gasteiger partial charge in [0.25, 0.3) is 11.5 Å². The smallest absolute Gasteiger partial charge is 0.351 e. The highest BCUT2D eigenvalue weighted by atomic mass is 35.5. The summed E-state index contributed by atoms with van der Waals surface area (Å²) in [5, 5.41) is 4.64. The Bertz CT molecular complexity index is 1290. The maximum atomic E-state index is 13.2. The van der Waals surface area contributed by atoms with Crippen LogP contribution >= 0.6 is 11.6 Å². The summed E-state index contributed by atoms with van der Waals surface area (Å²) in [6.45, 7) is 6.34.